The molecule has 1 amide bonds. The molecule has 0 aliphatic heterocycles. The maximum absolute atomic E-state index is 12.0. The average Bonchev–Trinajstić information content (AvgIpc) is 2.54. The summed E-state index contributed by atoms with van der Waals surface area (Å²) in [5, 5.41) is 5.93. The lowest BCUT2D eigenvalue weighted by molar-refractivity contribution is 0.0943. The van der Waals surface area contributed by atoms with E-state index >= 15 is 0 Å². The Bertz CT molecular complexity index is 679. The number of methoxy groups -OCH3 is 1. The largest absolute Gasteiger partial charge is 0.385 e. The predicted molar refractivity (Wildman–Crippen MR) is 93.0 cm³/mol. The summed E-state index contributed by atoms with van der Waals surface area (Å²) in [5.41, 5.74) is 2.28. The van der Waals surface area contributed by atoms with Crippen LogP contribution in [0.25, 0.3) is 0 Å². The summed E-state index contributed by atoms with van der Waals surface area (Å²) in [6.45, 7) is 3.14. The van der Waals surface area contributed by atoms with Crippen LogP contribution in [0, 0.1) is 6.92 Å². The first-order chi connectivity index (χ1) is 11.1. The summed E-state index contributed by atoms with van der Waals surface area (Å²) < 4.78 is 5.95. The Morgan fingerprint density at radius 2 is 2.17 bits per heavy atom. The molecule has 0 aliphatic rings. The number of ether oxygens (including phenoxy) is 1. The summed E-state index contributed by atoms with van der Waals surface area (Å²) in [5.74, 6) is 0.166. The fraction of sp³-hybridized carbons (Fsp3) is 0.312. The van der Waals surface area contributed by atoms with Gasteiger partial charge in [0.1, 0.15) is 5.69 Å². The molecule has 1 heterocycles. The van der Waals surface area contributed by atoms with Crippen molar-refractivity contribution in [3.8, 4) is 0 Å². The van der Waals surface area contributed by atoms with Crippen LogP contribution in [0.3, 0.4) is 0 Å². The second-order valence-corrected chi connectivity index (χ2v) is 5.87. The summed E-state index contributed by atoms with van der Waals surface area (Å²) in [6.07, 6.45) is 2.32. The van der Waals surface area contributed by atoms with Crippen molar-refractivity contribution in [1.82, 2.24) is 15.3 Å². The molecule has 0 saturated heterocycles. The molecule has 0 unspecified atom stereocenters. The van der Waals surface area contributed by atoms with Gasteiger partial charge in [0.15, 0.2) is 0 Å². The Morgan fingerprint density at radius 1 is 1.35 bits per heavy atom. The van der Waals surface area contributed by atoms with Gasteiger partial charge in [0, 0.05) is 36.6 Å². The Kier molecular flexibility index (Phi) is 6.49. The summed E-state index contributed by atoms with van der Waals surface area (Å²) in [7, 11) is 1.63. The number of hydrogen-bond donors (Lipinski definition) is 2. The maximum atomic E-state index is 12.0. The molecule has 6 nitrogen and oxygen atoms in total. The van der Waals surface area contributed by atoms with Gasteiger partial charge >= 0.3 is 0 Å². The van der Waals surface area contributed by atoms with Crippen LogP contribution in [0.5, 0.6) is 0 Å². The van der Waals surface area contributed by atoms with E-state index < -0.39 is 0 Å². The van der Waals surface area contributed by atoms with Crippen molar-refractivity contribution >= 4 is 33.5 Å². The zero-order valence-electron chi connectivity index (χ0n) is 13.1. The van der Waals surface area contributed by atoms with Gasteiger partial charge in [-0.1, -0.05) is 15.9 Å². The molecule has 0 bridgehead atoms. The average molecular weight is 379 g/mol. The molecule has 2 aromatic rings. The molecule has 1 aromatic carbocycles. The van der Waals surface area contributed by atoms with Crippen LogP contribution in [0.1, 0.15) is 22.5 Å². The minimum atomic E-state index is -0.223. The standard InChI is InChI=1S/C16H19BrN4O2/c1-11-10-12(17)4-5-13(11)20-16-19-8-6-14(21-16)15(22)18-7-3-9-23-2/h4-6,8,10H,3,7,9H2,1-2H3,(H,18,22)(H,19,20,21). The van der Waals surface area contributed by atoms with Crippen LogP contribution >= 0.6 is 15.9 Å². The Balaban J connectivity index is 2.03. The summed E-state index contributed by atoms with van der Waals surface area (Å²) in [4.78, 5) is 20.5. The molecule has 0 aliphatic carbocycles. The van der Waals surface area contributed by atoms with E-state index in [1.807, 2.05) is 25.1 Å². The van der Waals surface area contributed by atoms with E-state index in [1.165, 1.54) is 0 Å². The number of rotatable bonds is 7. The van der Waals surface area contributed by atoms with Crippen molar-refractivity contribution in [3.05, 3.63) is 46.2 Å². The van der Waals surface area contributed by atoms with Crippen LogP contribution in [-0.2, 0) is 4.74 Å². The summed E-state index contributed by atoms with van der Waals surface area (Å²) in [6, 6.07) is 7.45. The number of nitrogens with zero attached hydrogens (tertiary/aromatic N) is 2. The second-order valence-electron chi connectivity index (χ2n) is 4.95. The highest BCUT2D eigenvalue weighted by Gasteiger charge is 2.09. The first-order valence-corrected chi connectivity index (χ1v) is 8.03. The first-order valence-electron chi connectivity index (χ1n) is 7.23. The van der Waals surface area contributed by atoms with E-state index in [0.717, 1.165) is 22.1 Å². The molecule has 2 N–H and O–H groups in total. The van der Waals surface area contributed by atoms with Crippen LogP contribution < -0.4 is 10.6 Å². The fourth-order valence-corrected chi connectivity index (χ4v) is 2.42. The number of aryl methyl sites for hydroxylation is 1. The molecule has 23 heavy (non-hydrogen) atoms. The number of anilines is 2. The lowest BCUT2D eigenvalue weighted by atomic mass is 10.2. The smallest absolute Gasteiger partial charge is 0.270 e. The molecule has 2 rings (SSSR count). The van der Waals surface area contributed by atoms with E-state index in [2.05, 4.69) is 36.5 Å². The van der Waals surface area contributed by atoms with Crippen molar-refractivity contribution in [3.63, 3.8) is 0 Å². The van der Waals surface area contributed by atoms with E-state index in [4.69, 9.17) is 4.74 Å². The molecule has 0 spiro atoms. The zero-order valence-corrected chi connectivity index (χ0v) is 14.7. The predicted octanol–water partition coefficient (Wildman–Crippen LogP) is 3.06. The molecule has 7 heteroatoms. The first kappa shape index (κ1) is 17.4. The van der Waals surface area contributed by atoms with Gasteiger partial charge in [0.2, 0.25) is 5.95 Å². The molecule has 122 valence electrons. The minimum absolute atomic E-state index is 0.223. The summed E-state index contributed by atoms with van der Waals surface area (Å²) >= 11 is 3.43. The number of nitrogens with one attached hydrogen (secondary N) is 2. The van der Waals surface area contributed by atoms with Gasteiger partial charge < -0.3 is 15.4 Å². The van der Waals surface area contributed by atoms with Crippen molar-refractivity contribution in [2.24, 2.45) is 0 Å². The van der Waals surface area contributed by atoms with Gasteiger partial charge in [-0.2, -0.15) is 0 Å². The van der Waals surface area contributed by atoms with E-state index in [9.17, 15) is 4.79 Å². The minimum Gasteiger partial charge on any atom is -0.385 e. The van der Waals surface area contributed by atoms with Crippen LogP contribution in [0.4, 0.5) is 11.6 Å². The number of halogens is 1. The SMILES string of the molecule is COCCCNC(=O)c1ccnc(Nc2ccc(Br)cc2C)n1. The van der Waals surface area contributed by atoms with Gasteiger partial charge in [0.05, 0.1) is 0 Å². The van der Waals surface area contributed by atoms with Gasteiger partial charge in [-0.3, -0.25) is 4.79 Å². The van der Waals surface area contributed by atoms with Crippen molar-refractivity contribution < 1.29 is 9.53 Å². The van der Waals surface area contributed by atoms with Gasteiger partial charge in [0.25, 0.3) is 5.91 Å². The fourth-order valence-electron chi connectivity index (χ4n) is 1.94. The van der Waals surface area contributed by atoms with Crippen LogP contribution in [0.15, 0.2) is 34.9 Å². The van der Waals surface area contributed by atoms with Crippen LogP contribution in [0.2, 0.25) is 0 Å². The quantitative estimate of drug-likeness (QED) is 0.724. The molecule has 0 radical (unpaired) electrons. The lowest BCUT2D eigenvalue weighted by Gasteiger charge is -2.09. The Morgan fingerprint density at radius 3 is 2.91 bits per heavy atom. The van der Waals surface area contributed by atoms with Gasteiger partial charge in [-0.05, 0) is 43.2 Å². The van der Waals surface area contributed by atoms with E-state index in [-0.39, 0.29) is 5.91 Å². The van der Waals surface area contributed by atoms with E-state index in [0.29, 0.717) is 24.8 Å². The third-order valence-corrected chi connectivity index (χ3v) is 3.63. The van der Waals surface area contributed by atoms with Gasteiger partial charge in [-0.15, -0.1) is 0 Å². The van der Waals surface area contributed by atoms with Crippen molar-refractivity contribution in [1.29, 1.82) is 0 Å². The number of hydrogen-bond acceptors (Lipinski definition) is 5. The number of amides is 1. The molecular weight excluding hydrogens is 360 g/mol. The maximum Gasteiger partial charge on any atom is 0.270 e. The highest BCUT2D eigenvalue weighted by Crippen LogP contribution is 2.22. The molecule has 1 aromatic heterocycles. The second kappa shape index (κ2) is 8.59. The van der Waals surface area contributed by atoms with E-state index in [1.54, 1.807) is 19.4 Å². The number of benzene rings is 1. The van der Waals surface area contributed by atoms with Gasteiger partial charge in [-0.25, -0.2) is 9.97 Å². The number of carbonyl (C=O) groups is 1. The topological polar surface area (TPSA) is 76.1 Å². The number of carbonyl (C=O) groups excluding carboxylic acids is 1. The Labute approximate surface area is 143 Å². The Hall–Kier alpha value is -1.99. The third-order valence-electron chi connectivity index (χ3n) is 3.13. The molecule has 0 fully saturated rings. The lowest BCUT2D eigenvalue weighted by Crippen LogP contribution is -2.26. The highest BCUT2D eigenvalue weighted by molar-refractivity contribution is 9.10. The zero-order chi connectivity index (χ0) is 16.7. The normalized spacial score (nSPS) is 10.4. The number of aromatic nitrogens is 2. The third kappa shape index (κ3) is 5.30. The molecule has 0 atom stereocenters. The van der Waals surface area contributed by atoms with Crippen molar-refractivity contribution in [2.75, 3.05) is 25.6 Å². The molecular formula is C16H19BrN4O2. The van der Waals surface area contributed by atoms with Crippen LogP contribution in [-0.4, -0.2) is 36.1 Å². The highest BCUT2D eigenvalue weighted by atomic mass is 79.9. The monoisotopic (exact) mass is 378 g/mol. The van der Waals surface area contributed by atoms with Crippen molar-refractivity contribution in [2.45, 2.75) is 13.3 Å². The molecule has 0 saturated carbocycles.